The maximum Gasteiger partial charge on any atom is 0.165 e. The average Bonchev–Trinajstić information content (AvgIpc) is 2.04. The first-order valence-electron chi connectivity index (χ1n) is 4.37. The van der Waals surface area contributed by atoms with Crippen molar-refractivity contribution in [2.45, 2.75) is 26.4 Å². The first-order chi connectivity index (χ1) is 6.09. The molecule has 1 unspecified atom stereocenters. The van der Waals surface area contributed by atoms with Crippen LogP contribution in [0.15, 0.2) is 24.3 Å². The number of rotatable bonds is 3. The fourth-order valence-corrected chi connectivity index (χ4v) is 1.13. The second kappa shape index (κ2) is 4.19. The van der Waals surface area contributed by atoms with Crippen molar-refractivity contribution in [3.8, 4) is 0 Å². The van der Waals surface area contributed by atoms with Crippen molar-refractivity contribution in [2.24, 2.45) is 0 Å². The van der Waals surface area contributed by atoms with Crippen LogP contribution < -0.4 is 0 Å². The highest BCUT2D eigenvalue weighted by atomic mass is 16.3. The van der Waals surface area contributed by atoms with E-state index in [0.717, 1.165) is 5.56 Å². The molecule has 0 aliphatic heterocycles. The molecule has 0 aliphatic rings. The number of carbonyl (C=O) groups is 1. The van der Waals surface area contributed by atoms with E-state index in [1.54, 1.807) is 19.1 Å². The third-order valence-corrected chi connectivity index (χ3v) is 1.85. The van der Waals surface area contributed by atoms with Crippen LogP contribution in [0.3, 0.4) is 0 Å². The van der Waals surface area contributed by atoms with Crippen LogP contribution in [0.2, 0.25) is 0 Å². The van der Waals surface area contributed by atoms with E-state index in [0.29, 0.717) is 5.56 Å². The smallest absolute Gasteiger partial charge is 0.165 e. The van der Waals surface area contributed by atoms with Gasteiger partial charge in [0.25, 0.3) is 0 Å². The summed E-state index contributed by atoms with van der Waals surface area (Å²) >= 11 is 0. The molecule has 0 aromatic heterocycles. The van der Waals surface area contributed by atoms with Gasteiger partial charge in [-0.3, -0.25) is 4.79 Å². The van der Waals surface area contributed by atoms with E-state index < -0.39 is 6.10 Å². The van der Waals surface area contributed by atoms with E-state index in [9.17, 15) is 4.79 Å². The Kier molecular flexibility index (Phi) is 3.20. The van der Waals surface area contributed by atoms with E-state index in [1.165, 1.54) is 0 Å². The van der Waals surface area contributed by atoms with Gasteiger partial charge in [0.05, 0.1) is 6.10 Å². The predicted molar refractivity (Wildman–Crippen MR) is 51.8 cm³/mol. The zero-order valence-electron chi connectivity index (χ0n) is 7.95. The van der Waals surface area contributed by atoms with Gasteiger partial charge >= 0.3 is 0 Å². The second-order valence-electron chi connectivity index (χ2n) is 3.34. The molecule has 1 aromatic carbocycles. The molecule has 0 saturated carbocycles. The third-order valence-electron chi connectivity index (χ3n) is 1.85. The molecular formula is C11H14O2. The zero-order valence-corrected chi connectivity index (χ0v) is 7.95. The van der Waals surface area contributed by atoms with Gasteiger partial charge in [0.1, 0.15) is 0 Å². The first-order valence-corrected chi connectivity index (χ1v) is 4.37. The fraction of sp³-hybridized carbons (Fsp3) is 0.364. The van der Waals surface area contributed by atoms with Gasteiger partial charge in [-0.1, -0.05) is 29.8 Å². The van der Waals surface area contributed by atoms with Crippen molar-refractivity contribution in [2.75, 3.05) is 0 Å². The van der Waals surface area contributed by atoms with E-state index >= 15 is 0 Å². The van der Waals surface area contributed by atoms with E-state index in [-0.39, 0.29) is 12.2 Å². The highest BCUT2D eigenvalue weighted by molar-refractivity contribution is 5.96. The molecule has 2 heteroatoms. The Morgan fingerprint density at radius 1 is 1.38 bits per heavy atom. The second-order valence-corrected chi connectivity index (χ2v) is 3.34. The zero-order chi connectivity index (χ0) is 9.84. The van der Waals surface area contributed by atoms with Crippen LogP contribution in [-0.2, 0) is 0 Å². The SMILES string of the molecule is Cc1ccc(C(=O)CC(C)O)cc1. The van der Waals surface area contributed by atoms with Gasteiger partial charge in [-0.25, -0.2) is 0 Å². The van der Waals surface area contributed by atoms with Crippen LogP contribution in [0.1, 0.15) is 29.3 Å². The van der Waals surface area contributed by atoms with Gasteiger partial charge in [0.15, 0.2) is 5.78 Å². The minimum Gasteiger partial charge on any atom is -0.393 e. The molecule has 0 bridgehead atoms. The third kappa shape index (κ3) is 2.99. The number of aliphatic hydroxyl groups is 1. The molecule has 0 radical (unpaired) electrons. The number of benzene rings is 1. The molecule has 0 saturated heterocycles. The molecule has 1 aromatic rings. The lowest BCUT2D eigenvalue weighted by molar-refractivity contribution is 0.0901. The van der Waals surface area contributed by atoms with Gasteiger partial charge < -0.3 is 5.11 Å². The molecule has 0 fully saturated rings. The van der Waals surface area contributed by atoms with Crippen LogP contribution >= 0.6 is 0 Å². The number of ketones is 1. The number of hydrogen-bond donors (Lipinski definition) is 1. The maximum atomic E-state index is 11.4. The molecule has 0 aliphatic carbocycles. The highest BCUT2D eigenvalue weighted by Crippen LogP contribution is 2.07. The lowest BCUT2D eigenvalue weighted by Gasteiger charge is -2.03. The predicted octanol–water partition coefficient (Wildman–Crippen LogP) is 1.95. The topological polar surface area (TPSA) is 37.3 Å². The molecule has 1 N–H and O–H groups in total. The summed E-state index contributed by atoms with van der Waals surface area (Å²) in [4.78, 5) is 11.4. The summed E-state index contributed by atoms with van der Waals surface area (Å²) in [6, 6.07) is 7.38. The maximum absolute atomic E-state index is 11.4. The number of Topliss-reactive ketones (excluding diaryl/α,β-unsaturated/α-hetero) is 1. The van der Waals surface area contributed by atoms with Crippen LogP contribution in [0, 0.1) is 6.92 Å². The largest absolute Gasteiger partial charge is 0.393 e. The van der Waals surface area contributed by atoms with E-state index in [4.69, 9.17) is 5.11 Å². The minimum atomic E-state index is -0.561. The number of aryl methyl sites for hydroxylation is 1. The Labute approximate surface area is 78.2 Å². The van der Waals surface area contributed by atoms with Gasteiger partial charge in [0, 0.05) is 12.0 Å². The van der Waals surface area contributed by atoms with Crippen molar-refractivity contribution < 1.29 is 9.90 Å². The minimum absolute atomic E-state index is 0.00463. The lowest BCUT2D eigenvalue weighted by atomic mass is 10.0. The summed E-state index contributed by atoms with van der Waals surface area (Å²) in [5, 5.41) is 9.02. The normalized spacial score (nSPS) is 12.5. The summed E-state index contributed by atoms with van der Waals surface area (Å²) in [6.07, 6.45) is -0.364. The fourth-order valence-electron chi connectivity index (χ4n) is 1.13. The Bertz CT molecular complexity index is 285. The molecule has 2 nitrogen and oxygen atoms in total. The number of hydrogen-bond acceptors (Lipinski definition) is 2. The highest BCUT2D eigenvalue weighted by Gasteiger charge is 2.07. The van der Waals surface area contributed by atoms with Crippen molar-refractivity contribution in [1.82, 2.24) is 0 Å². The standard InChI is InChI=1S/C11H14O2/c1-8-3-5-10(6-4-8)11(13)7-9(2)12/h3-6,9,12H,7H2,1-2H3. The summed E-state index contributed by atoms with van der Waals surface area (Å²) in [5.74, 6) is -0.00463. The van der Waals surface area contributed by atoms with Crippen LogP contribution in [-0.4, -0.2) is 17.0 Å². The van der Waals surface area contributed by atoms with Crippen molar-refractivity contribution >= 4 is 5.78 Å². The summed E-state index contributed by atoms with van der Waals surface area (Å²) in [6.45, 7) is 3.59. The molecule has 0 heterocycles. The Hall–Kier alpha value is -1.15. The first kappa shape index (κ1) is 9.93. The number of aliphatic hydroxyl groups excluding tert-OH is 1. The van der Waals surface area contributed by atoms with Gasteiger partial charge in [0.2, 0.25) is 0 Å². The van der Waals surface area contributed by atoms with Crippen molar-refractivity contribution in [3.63, 3.8) is 0 Å². The molecule has 0 spiro atoms. The number of carbonyl (C=O) groups excluding carboxylic acids is 1. The average molecular weight is 178 g/mol. The monoisotopic (exact) mass is 178 g/mol. The summed E-state index contributed by atoms with van der Waals surface area (Å²) < 4.78 is 0. The molecular weight excluding hydrogens is 164 g/mol. The van der Waals surface area contributed by atoms with Gasteiger partial charge in [-0.15, -0.1) is 0 Å². The van der Waals surface area contributed by atoms with E-state index in [2.05, 4.69) is 0 Å². The lowest BCUT2D eigenvalue weighted by Crippen LogP contribution is -2.09. The Morgan fingerprint density at radius 3 is 2.38 bits per heavy atom. The Balaban J connectivity index is 2.72. The summed E-state index contributed by atoms with van der Waals surface area (Å²) in [5.41, 5.74) is 1.81. The molecule has 1 atom stereocenters. The van der Waals surface area contributed by atoms with Gasteiger partial charge in [-0.05, 0) is 13.8 Å². The van der Waals surface area contributed by atoms with Crippen LogP contribution in [0.4, 0.5) is 0 Å². The molecule has 0 amide bonds. The van der Waals surface area contributed by atoms with Crippen LogP contribution in [0.25, 0.3) is 0 Å². The Morgan fingerprint density at radius 2 is 1.92 bits per heavy atom. The van der Waals surface area contributed by atoms with Crippen molar-refractivity contribution in [3.05, 3.63) is 35.4 Å². The van der Waals surface area contributed by atoms with E-state index in [1.807, 2.05) is 19.1 Å². The van der Waals surface area contributed by atoms with Crippen LogP contribution in [0.5, 0.6) is 0 Å². The quantitative estimate of drug-likeness (QED) is 0.718. The molecule has 13 heavy (non-hydrogen) atoms. The molecule has 1 rings (SSSR count). The van der Waals surface area contributed by atoms with Gasteiger partial charge in [-0.2, -0.15) is 0 Å². The molecule has 70 valence electrons. The van der Waals surface area contributed by atoms with Crippen molar-refractivity contribution in [1.29, 1.82) is 0 Å². The summed E-state index contributed by atoms with van der Waals surface area (Å²) in [7, 11) is 0.